The second-order valence-corrected chi connectivity index (χ2v) is 11.9. The molecule has 48 heavy (non-hydrogen) atoms. The van der Waals surface area contributed by atoms with Crippen LogP contribution in [0, 0.1) is 0 Å². The van der Waals surface area contributed by atoms with Crippen LogP contribution in [-0.2, 0) is 0 Å². The Morgan fingerprint density at radius 3 is 1.83 bits per heavy atom. The molecule has 0 radical (unpaired) electrons. The number of furan rings is 1. The fourth-order valence-corrected chi connectivity index (χ4v) is 6.97. The molecular formula is C42H25N5O. The zero-order valence-electron chi connectivity index (χ0n) is 25.6. The van der Waals surface area contributed by atoms with Gasteiger partial charge in [-0.3, -0.25) is 4.98 Å². The third-order valence-electron chi connectivity index (χ3n) is 9.16. The molecule has 4 heterocycles. The van der Waals surface area contributed by atoms with Crippen molar-refractivity contribution in [3.8, 4) is 39.9 Å². The van der Waals surface area contributed by atoms with Crippen LogP contribution in [0.15, 0.2) is 156 Å². The minimum absolute atomic E-state index is 0.579. The summed E-state index contributed by atoms with van der Waals surface area (Å²) in [5, 5.41) is 6.69. The van der Waals surface area contributed by atoms with E-state index in [1.54, 1.807) is 12.4 Å². The predicted octanol–water partition coefficient (Wildman–Crippen LogP) is 10.4. The van der Waals surface area contributed by atoms with Crippen molar-refractivity contribution in [3.05, 3.63) is 152 Å². The normalized spacial score (nSPS) is 11.8. The quantitative estimate of drug-likeness (QED) is 0.197. The highest BCUT2D eigenvalue weighted by Crippen LogP contribution is 2.38. The molecule has 0 aliphatic carbocycles. The molecule has 6 nitrogen and oxygen atoms in total. The van der Waals surface area contributed by atoms with Crippen molar-refractivity contribution >= 4 is 54.5 Å². The number of nitrogens with zero attached hydrogens (tertiary/aromatic N) is 5. The zero-order valence-corrected chi connectivity index (χ0v) is 25.6. The Balaban J connectivity index is 1.20. The summed E-state index contributed by atoms with van der Waals surface area (Å²) in [5.74, 6) is 1.80. The van der Waals surface area contributed by atoms with Crippen LogP contribution in [0.2, 0.25) is 0 Å². The maximum Gasteiger partial charge on any atom is 0.164 e. The molecule has 6 aromatic carbocycles. The minimum Gasteiger partial charge on any atom is -0.454 e. The number of rotatable bonds is 4. The second-order valence-electron chi connectivity index (χ2n) is 11.9. The Hall–Kier alpha value is -6.66. The van der Waals surface area contributed by atoms with E-state index < -0.39 is 0 Å². The van der Waals surface area contributed by atoms with Crippen LogP contribution in [0.1, 0.15) is 0 Å². The average Bonchev–Trinajstić information content (AvgIpc) is 3.70. The first-order valence-corrected chi connectivity index (χ1v) is 15.9. The summed E-state index contributed by atoms with van der Waals surface area (Å²) in [6, 6.07) is 48.2. The summed E-state index contributed by atoms with van der Waals surface area (Å²) in [6.07, 6.45) is 3.53. The predicted molar refractivity (Wildman–Crippen MR) is 193 cm³/mol. The van der Waals surface area contributed by atoms with Crippen molar-refractivity contribution in [2.45, 2.75) is 0 Å². The van der Waals surface area contributed by atoms with Gasteiger partial charge >= 0.3 is 0 Å². The molecule has 0 amide bonds. The van der Waals surface area contributed by atoms with Crippen LogP contribution >= 0.6 is 0 Å². The molecule has 4 aromatic heterocycles. The largest absolute Gasteiger partial charge is 0.454 e. The zero-order chi connectivity index (χ0) is 31.6. The smallest absolute Gasteiger partial charge is 0.164 e. The van der Waals surface area contributed by atoms with Crippen LogP contribution in [0.4, 0.5) is 0 Å². The van der Waals surface area contributed by atoms with Crippen molar-refractivity contribution < 1.29 is 4.42 Å². The SMILES string of the molecule is c1ccc(-c2nc(-c3ccc4c(c3)oc3cnccc34)nc(-c3ccc(-n4c5ccccc5c5ccccc54)c4ccccc34)n2)cc1. The number of hydrogen-bond acceptors (Lipinski definition) is 5. The van der Waals surface area contributed by atoms with Crippen LogP contribution < -0.4 is 0 Å². The van der Waals surface area contributed by atoms with Crippen molar-refractivity contribution in [2.75, 3.05) is 0 Å². The average molecular weight is 616 g/mol. The third-order valence-corrected chi connectivity index (χ3v) is 9.16. The van der Waals surface area contributed by atoms with Gasteiger partial charge in [-0.1, -0.05) is 97.1 Å². The summed E-state index contributed by atoms with van der Waals surface area (Å²) < 4.78 is 8.54. The van der Waals surface area contributed by atoms with E-state index in [4.69, 9.17) is 19.4 Å². The molecule has 0 bridgehead atoms. The van der Waals surface area contributed by atoms with E-state index in [-0.39, 0.29) is 0 Å². The lowest BCUT2D eigenvalue weighted by molar-refractivity contribution is 0.667. The highest BCUT2D eigenvalue weighted by molar-refractivity contribution is 6.11. The molecule has 0 fully saturated rings. The molecule has 224 valence electrons. The number of hydrogen-bond donors (Lipinski definition) is 0. The van der Waals surface area contributed by atoms with E-state index in [1.165, 1.54) is 21.8 Å². The molecule has 0 atom stereocenters. The van der Waals surface area contributed by atoms with Crippen molar-refractivity contribution in [1.82, 2.24) is 24.5 Å². The van der Waals surface area contributed by atoms with Gasteiger partial charge in [0, 0.05) is 49.8 Å². The van der Waals surface area contributed by atoms with E-state index in [0.29, 0.717) is 17.5 Å². The van der Waals surface area contributed by atoms with Gasteiger partial charge in [-0.2, -0.15) is 0 Å². The second kappa shape index (κ2) is 10.4. The Morgan fingerprint density at radius 2 is 1.06 bits per heavy atom. The van der Waals surface area contributed by atoms with Crippen LogP contribution in [0.25, 0.3) is 94.4 Å². The van der Waals surface area contributed by atoms with Crippen LogP contribution in [0.5, 0.6) is 0 Å². The molecule has 0 spiro atoms. The molecule has 10 aromatic rings. The lowest BCUT2D eigenvalue weighted by Crippen LogP contribution is -2.01. The number of benzene rings is 6. The van der Waals surface area contributed by atoms with Crippen molar-refractivity contribution in [2.24, 2.45) is 0 Å². The van der Waals surface area contributed by atoms with E-state index in [2.05, 4.69) is 107 Å². The van der Waals surface area contributed by atoms with Gasteiger partial charge < -0.3 is 8.98 Å². The summed E-state index contributed by atoms with van der Waals surface area (Å²) in [5.41, 5.74) is 7.66. The van der Waals surface area contributed by atoms with Gasteiger partial charge in [-0.05, 0) is 47.9 Å². The highest BCUT2D eigenvalue weighted by atomic mass is 16.3. The fourth-order valence-electron chi connectivity index (χ4n) is 6.97. The molecule has 0 saturated heterocycles. The van der Waals surface area contributed by atoms with E-state index in [0.717, 1.165) is 55.1 Å². The summed E-state index contributed by atoms with van der Waals surface area (Å²) in [4.78, 5) is 19.4. The van der Waals surface area contributed by atoms with Crippen LogP contribution in [-0.4, -0.2) is 24.5 Å². The molecule has 0 saturated carbocycles. The molecule has 0 aliphatic rings. The third kappa shape index (κ3) is 4.06. The van der Waals surface area contributed by atoms with E-state index in [1.807, 2.05) is 42.5 Å². The van der Waals surface area contributed by atoms with Gasteiger partial charge in [0.05, 0.1) is 22.9 Å². The molecular weight excluding hydrogens is 590 g/mol. The number of para-hydroxylation sites is 2. The Bertz CT molecular complexity index is 2800. The van der Waals surface area contributed by atoms with Gasteiger partial charge in [0.2, 0.25) is 0 Å². The van der Waals surface area contributed by atoms with Gasteiger partial charge in [0.15, 0.2) is 23.1 Å². The number of aromatic nitrogens is 5. The lowest BCUT2D eigenvalue weighted by atomic mass is 10.0. The first-order chi connectivity index (χ1) is 23.8. The van der Waals surface area contributed by atoms with Crippen molar-refractivity contribution in [1.29, 1.82) is 0 Å². The summed E-state index contributed by atoms with van der Waals surface area (Å²) in [7, 11) is 0. The fraction of sp³-hybridized carbons (Fsp3) is 0. The van der Waals surface area contributed by atoms with Gasteiger partial charge in [0.25, 0.3) is 0 Å². The Labute approximate surface area is 274 Å². The van der Waals surface area contributed by atoms with Gasteiger partial charge in [0.1, 0.15) is 5.58 Å². The summed E-state index contributed by atoms with van der Waals surface area (Å²) in [6.45, 7) is 0. The minimum atomic E-state index is 0.579. The van der Waals surface area contributed by atoms with Crippen molar-refractivity contribution in [3.63, 3.8) is 0 Å². The standard InChI is InChI=1S/C42H25N5O/c1-2-10-26(11-3-1)40-44-41(27-18-19-32-33-22-23-43-25-39(33)48-38(32)24-27)46-42(45-40)34-20-21-37(29-13-5-4-12-28(29)34)47-35-16-8-6-14-30(35)31-15-7-9-17-36(31)47/h1-25H. The first-order valence-electron chi connectivity index (χ1n) is 15.9. The number of pyridine rings is 1. The Morgan fingerprint density at radius 1 is 0.438 bits per heavy atom. The topological polar surface area (TPSA) is 69.6 Å². The lowest BCUT2D eigenvalue weighted by Gasteiger charge is -2.15. The molecule has 10 rings (SSSR count). The van der Waals surface area contributed by atoms with E-state index in [9.17, 15) is 0 Å². The number of fused-ring (bicyclic) bond motifs is 7. The molecule has 0 N–H and O–H groups in total. The first kappa shape index (κ1) is 26.5. The Kier molecular flexibility index (Phi) is 5.77. The highest BCUT2D eigenvalue weighted by Gasteiger charge is 2.19. The molecule has 6 heteroatoms. The maximum absolute atomic E-state index is 6.18. The van der Waals surface area contributed by atoms with E-state index >= 15 is 0 Å². The van der Waals surface area contributed by atoms with Crippen LogP contribution in [0.3, 0.4) is 0 Å². The molecule has 0 aliphatic heterocycles. The maximum atomic E-state index is 6.18. The van der Waals surface area contributed by atoms with Gasteiger partial charge in [-0.15, -0.1) is 0 Å². The monoisotopic (exact) mass is 615 g/mol. The molecule has 0 unspecified atom stereocenters. The van der Waals surface area contributed by atoms with Gasteiger partial charge in [-0.25, -0.2) is 15.0 Å². The summed E-state index contributed by atoms with van der Waals surface area (Å²) >= 11 is 0.